The van der Waals surface area contributed by atoms with E-state index in [0.717, 1.165) is 18.6 Å². The summed E-state index contributed by atoms with van der Waals surface area (Å²) in [6.45, 7) is 7.79. The van der Waals surface area contributed by atoms with Gasteiger partial charge in [-0.15, -0.1) is 0 Å². The average molecular weight is 383 g/mol. The lowest BCUT2D eigenvalue weighted by molar-refractivity contribution is -0.137. The number of nitrogens with one attached hydrogen (secondary N) is 1. The number of carbonyl (C=O) groups is 1. The van der Waals surface area contributed by atoms with Gasteiger partial charge in [0.1, 0.15) is 6.04 Å². The molecule has 0 radical (unpaired) electrons. The third-order valence-electron chi connectivity index (χ3n) is 4.28. The number of nitrogens with zero attached hydrogens (tertiary/aromatic N) is 2. The highest BCUT2D eigenvalue weighted by Crippen LogP contribution is 2.32. The van der Waals surface area contributed by atoms with E-state index in [-0.39, 0.29) is 35.0 Å². The standard InChI is InChI=1S/C19H24F3N3O2/c1-5-12(4)16(23-15(26)9-11(2)3)18-24-17(25-27-18)13-7-6-8-14(10-13)19(20,21)22/h6-8,10-12,16H,5,9H2,1-4H3,(H,23,26)/t12-,16-/m1/s1. The Kier molecular flexibility index (Phi) is 6.62. The zero-order valence-electron chi connectivity index (χ0n) is 15.8. The van der Waals surface area contributed by atoms with Crippen LogP contribution in [0.1, 0.15) is 58.0 Å². The van der Waals surface area contributed by atoms with Crippen LogP contribution in [0.2, 0.25) is 0 Å². The Balaban J connectivity index is 2.28. The molecule has 0 aliphatic carbocycles. The summed E-state index contributed by atoms with van der Waals surface area (Å²) in [5.41, 5.74) is -0.578. The van der Waals surface area contributed by atoms with Crippen molar-refractivity contribution in [3.63, 3.8) is 0 Å². The van der Waals surface area contributed by atoms with Crippen molar-refractivity contribution in [1.29, 1.82) is 0 Å². The molecule has 1 N–H and O–H groups in total. The van der Waals surface area contributed by atoms with Crippen molar-refractivity contribution in [3.05, 3.63) is 35.7 Å². The van der Waals surface area contributed by atoms with E-state index in [1.54, 1.807) is 0 Å². The van der Waals surface area contributed by atoms with Crippen LogP contribution < -0.4 is 5.32 Å². The lowest BCUT2D eigenvalue weighted by atomic mass is 9.98. The van der Waals surface area contributed by atoms with E-state index < -0.39 is 17.8 Å². The quantitative estimate of drug-likeness (QED) is 0.730. The summed E-state index contributed by atoms with van der Waals surface area (Å²) in [5, 5.41) is 6.71. The summed E-state index contributed by atoms with van der Waals surface area (Å²) in [7, 11) is 0. The van der Waals surface area contributed by atoms with E-state index in [4.69, 9.17) is 4.52 Å². The van der Waals surface area contributed by atoms with Gasteiger partial charge in [-0.3, -0.25) is 4.79 Å². The van der Waals surface area contributed by atoms with Crippen LogP contribution in [0.4, 0.5) is 13.2 Å². The van der Waals surface area contributed by atoms with Crippen molar-refractivity contribution in [2.75, 3.05) is 0 Å². The van der Waals surface area contributed by atoms with Gasteiger partial charge in [0, 0.05) is 12.0 Å². The topological polar surface area (TPSA) is 68.0 Å². The number of amides is 1. The monoisotopic (exact) mass is 383 g/mol. The highest BCUT2D eigenvalue weighted by molar-refractivity contribution is 5.76. The molecule has 1 amide bonds. The SMILES string of the molecule is CC[C@@H](C)[C@@H](NC(=O)CC(C)C)c1nc(-c2cccc(C(F)(F)F)c2)no1. The number of halogens is 3. The molecule has 0 fully saturated rings. The lowest BCUT2D eigenvalue weighted by Crippen LogP contribution is -2.33. The second-order valence-electron chi connectivity index (χ2n) is 7.06. The number of hydrogen-bond acceptors (Lipinski definition) is 4. The predicted molar refractivity (Wildman–Crippen MR) is 94.5 cm³/mol. The fourth-order valence-corrected chi connectivity index (χ4v) is 2.60. The Labute approximate surface area is 156 Å². The first-order valence-corrected chi connectivity index (χ1v) is 8.92. The van der Waals surface area contributed by atoms with Gasteiger partial charge >= 0.3 is 6.18 Å². The highest BCUT2D eigenvalue weighted by Gasteiger charge is 2.31. The van der Waals surface area contributed by atoms with Crippen LogP contribution in [0, 0.1) is 11.8 Å². The van der Waals surface area contributed by atoms with E-state index in [1.807, 2.05) is 27.7 Å². The molecule has 5 nitrogen and oxygen atoms in total. The molecule has 27 heavy (non-hydrogen) atoms. The first-order valence-electron chi connectivity index (χ1n) is 8.92. The number of alkyl halides is 3. The molecule has 1 aromatic carbocycles. The van der Waals surface area contributed by atoms with Crippen LogP contribution >= 0.6 is 0 Å². The zero-order chi connectivity index (χ0) is 20.2. The smallest absolute Gasteiger partial charge is 0.344 e. The summed E-state index contributed by atoms with van der Waals surface area (Å²) in [5.74, 6) is 0.340. The van der Waals surface area contributed by atoms with Crippen LogP contribution in [0.5, 0.6) is 0 Å². The number of aromatic nitrogens is 2. The van der Waals surface area contributed by atoms with Gasteiger partial charge in [0.05, 0.1) is 5.56 Å². The minimum atomic E-state index is -4.45. The summed E-state index contributed by atoms with van der Waals surface area (Å²) >= 11 is 0. The minimum Gasteiger partial charge on any atom is -0.344 e. The maximum absolute atomic E-state index is 12.9. The number of benzene rings is 1. The Bertz CT molecular complexity index is 772. The van der Waals surface area contributed by atoms with Gasteiger partial charge in [0.2, 0.25) is 17.6 Å². The van der Waals surface area contributed by atoms with E-state index in [1.165, 1.54) is 12.1 Å². The Morgan fingerprint density at radius 1 is 1.26 bits per heavy atom. The van der Waals surface area contributed by atoms with E-state index in [9.17, 15) is 18.0 Å². The maximum Gasteiger partial charge on any atom is 0.416 e. The molecule has 0 spiro atoms. The van der Waals surface area contributed by atoms with Gasteiger partial charge in [-0.05, 0) is 24.0 Å². The molecule has 2 aromatic rings. The molecule has 0 bridgehead atoms. The molecule has 148 valence electrons. The van der Waals surface area contributed by atoms with E-state index in [2.05, 4.69) is 15.5 Å². The van der Waals surface area contributed by atoms with Gasteiger partial charge < -0.3 is 9.84 Å². The Hall–Kier alpha value is -2.38. The van der Waals surface area contributed by atoms with Crippen molar-refractivity contribution in [2.24, 2.45) is 11.8 Å². The summed E-state index contributed by atoms with van der Waals surface area (Å²) < 4.78 is 44.0. The average Bonchev–Trinajstić information content (AvgIpc) is 3.07. The second-order valence-corrected chi connectivity index (χ2v) is 7.06. The summed E-state index contributed by atoms with van der Waals surface area (Å²) in [6, 6.07) is 4.25. The number of rotatable bonds is 7. The van der Waals surface area contributed by atoms with Crippen LogP contribution in [-0.4, -0.2) is 16.0 Å². The van der Waals surface area contributed by atoms with Crippen LogP contribution in [0.15, 0.2) is 28.8 Å². The first kappa shape index (κ1) is 20.9. The summed E-state index contributed by atoms with van der Waals surface area (Å²) in [6.07, 6.45) is -3.33. The molecular formula is C19H24F3N3O2. The first-order chi connectivity index (χ1) is 12.6. The summed E-state index contributed by atoms with van der Waals surface area (Å²) in [4.78, 5) is 16.4. The van der Waals surface area contributed by atoms with Gasteiger partial charge in [-0.1, -0.05) is 51.4 Å². The normalized spacial score (nSPS) is 14.2. The van der Waals surface area contributed by atoms with Gasteiger partial charge in [0.15, 0.2) is 0 Å². The fourth-order valence-electron chi connectivity index (χ4n) is 2.60. The number of hydrogen-bond donors (Lipinski definition) is 1. The zero-order valence-corrected chi connectivity index (χ0v) is 15.8. The molecule has 0 aliphatic heterocycles. The largest absolute Gasteiger partial charge is 0.416 e. The van der Waals surface area contributed by atoms with Crippen molar-refractivity contribution < 1.29 is 22.5 Å². The highest BCUT2D eigenvalue weighted by atomic mass is 19.4. The van der Waals surface area contributed by atoms with Crippen molar-refractivity contribution in [3.8, 4) is 11.4 Å². The van der Waals surface area contributed by atoms with E-state index in [0.29, 0.717) is 6.42 Å². The molecule has 1 aromatic heterocycles. The van der Waals surface area contributed by atoms with E-state index >= 15 is 0 Å². The van der Waals surface area contributed by atoms with Crippen molar-refractivity contribution in [1.82, 2.24) is 15.5 Å². The van der Waals surface area contributed by atoms with Crippen LogP contribution in [-0.2, 0) is 11.0 Å². The second kappa shape index (κ2) is 8.54. The maximum atomic E-state index is 12.9. The Morgan fingerprint density at radius 2 is 1.96 bits per heavy atom. The molecular weight excluding hydrogens is 359 g/mol. The van der Waals surface area contributed by atoms with Crippen molar-refractivity contribution in [2.45, 2.75) is 52.8 Å². The van der Waals surface area contributed by atoms with Gasteiger partial charge in [0.25, 0.3) is 0 Å². The number of carbonyl (C=O) groups excluding carboxylic acids is 1. The molecule has 0 unspecified atom stereocenters. The molecule has 0 saturated heterocycles. The molecule has 0 saturated carbocycles. The molecule has 2 atom stereocenters. The molecule has 2 rings (SSSR count). The van der Waals surface area contributed by atoms with Gasteiger partial charge in [-0.2, -0.15) is 18.2 Å². The predicted octanol–water partition coefficient (Wildman–Crippen LogP) is 5.00. The lowest BCUT2D eigenvalue weighted by Gasteiger charge is -2.21. The third kappa shape index (κ3) is 5.55. The van der Waals surface area contributed by atoms with Crippen LogP contribution in [0.25, 0.3) is 11.4 Å². The molecule has 0 aliphatic rings. The van der Waals surface area contributed by atoms with Crippen molar-refractivity contribution >= 4 is 5.91 Å². The van der Waals surface area contributed by atoms with Gasteiger partial charge in [-0.25, -0.2) is 0 Å². The minimum absolute atomic E-state index is 0.0240. The Morgan fingerprint density at radius 3 is 2.56 bits per heavy atom. The third-order valence-corrected chi connectivity index (χ3v) is 4.28. The van der Waals surface area contributed by atoms with Crippen LogP contribution in [0.3, 0.4) is 0 Å². The fraction of sp³-hybridized carbons (Fsp3) is 0.526. The molecule has 1 heterocycles. The molecule has 8 heteroatoms.